The maximum atomic E-state index is 13.1. The molecule has 0 aliphatic carbocycles. The lowest BCUT2D eigenvalue weighted by Crippen LogP contribution is -2.22. The number of rotatable bonds is 2. The second-order valence-electron chi connectivity index (χ2n) is 4.81. The van der Waals surface area contributed by atoms with E-state index >= 15 is 0 Å². The largest absolute Gasteiger partial charge is 0.485 e. The Morgan fingerprint density at radius 3 is 2.71 bits per heavy atom. The Morgan fingerprint density at radius 1 is 1.29 bits per heavy atom. The minimum absolute atomic E-state index is 0.268. The number of hydrogen-bond acceptors (Lipinski definition) is 2. The number of nitrogens with zero attached hydrogens (tertiary/aromatic N) is 2. The smallest absolute Gasteiger partial charge is 0.158 e. The number of aromatic nitrogens is 2. The van der Waals surface area contributed by atoms with Crippen molar-refractivity contribution < 1.29 is 9.13 Å². The van der Waals surface area contributed by atoms with Crippen LogP contribution in [0.4, 0.5) is 4.39 Å². The first kappa shape index (κ1) is 11.6. The third-order valence-corrected chi connectivity index (χ3v) is 2.06. The lowest BCUT2D eigenvalue weighted by molar-refractivity contribution is 0.131. The lowest BCUT2D eigenvalue weighted by atomic mass is 10.2. The Kier molecular flexibility index (Phi) is 2.88. The first-order valence-corrected chi connectivity index (χ1v) is 5.44. The summed E-state index contributed by atoms with van der Waals surface area (Å²) in [6, 6.07) is 6.26. The number of halogens is 1. The molecule has 0 aliphatic rings. The molecule has 1 aromatic heterocycles. The van der Waals surface area contributed by atoms with E-state index in [1.807, 2.05) is 20.8 Å². The van der Waals surface area contributed by atoms with E-state index in [1.165, 1.54) is 12.1 Å². The molecule has 0 spiro atoms. The molecule has 0 saturated carbocycles. The molecular weight excluding hydrogens is 219 g/mol. The van der Waals surface area contributed by atoms with E-state index in [9.17, 15) is 4.39 Å². The van der Waals surface area contributed by atoms with Crippen LogP contribution in [-0.4, -0.2) is 15.4 Å². The molecule has 1 heterocycles. The summed E-state index contributed by atoms with van der Waals surface area (Å²) in [7, 11) is 0. The van der Waals surface area contributed by atoms with Crippen LogP contribution in [0.25, 0.3) is 5.69 Å². The topological polar surface area (TPSA) is 27.1 Å². The van der Waals surface area contributed by atoms with E-state index in [0.717, 1.165) is 0 Å². The Morgan fingerprint density at radius 2 is 2.06 bits per heavy atom. The highest BCUT2D eigenvalue weighted by molar-refractivity contribution is 5.32. The van der Waals surface area contributed by atoms with Crippen LogP contribution in [0.3, 0.4) is 0 Å². The van der Waals surface area contributed by atoms with Crippen LogP contribution in [0.5, 0.6) is 5.75 Å². The van der Waals surface area contributed by atoms with Crippen molar-refractivity contribution in [1.82, 2.24) is 9.78 Å². The molecule has 2 rings (SSSR count). The van der Waals surface area contributed by atoms with Gasteiger partial charge in [0.2, 0.25) is 0 Å². The summed E-state index contributed by atoms with van der Waals surface area (Å²) >= 11 is 0. The van der Waals surface area contributed by atoms with Crippen LogP contribution in [0, 0.1) is 5.82 Å². The zero-order valence-corrected chi connectivity index (χ0v) is 10.1. The van der Waals surface area contributed by atoms with Crippen LogP contribution in [0.2, 0.25) is 0 Å². The van der Waals surface area contributed by atoms with Crippen molar-refractivity contribution in [1.29, 1.82) is 0 Å². The van der Waals surface area contributed by atoms with Crippen LogP contribution in [0.1, 0.15) is 20.8 Å². The van der Waals surface area contributed by atoms with E-state index in [0.29, 0.717) is 11.4 Å². The second-order valence-corrected chi connectivity index (χ2v) is 4.81. The highest BCUT2D eigenvalue weighted by Gasteiger charge is 2.13. The quantitative estimate of drug-likeness (QED) is 0.798. The van der Waals surface area contributed by atoms with Crippen molar-refractivity contribution in [3.8, 4) is 11.4 Å². The van der Waals surface area contributed by atoms with Crippen LogP contribution in [-0.2, 0) is 0 Å². The molecule has 0 radical (unpaired) electrons. The van der Waals surface area contributed by atoms with Gasteiger partial charge in [0.25, 0.3) is 0 Å². The van der Waals surface area contributed by atoms with Gasteiger partial charge >= 0.3 is 0 Å². The molecule has 0 saturated heterocycles. The highest BCUT2D eigenvalue weighted by Crippen LogP contribution is 2.19. The molecule has 0 bridgehead atoms. The summed E-state index contributed by atoms with van der Waals surface area (Å²) in [5, 5.41) is 4.14. The van der Waals surface area contributed by atoms with E-state index in [1.54, 1.807) is 29.2 Å². The summed E-state index contributed by atoms with van der Waals surface area (Å²) in [5.74, 6) is 0.387. The molecule has 0 N–H and O–H groups in total. The Labute approximate surface area is 99.8 Å². The molecule has 0 unspecified atom stereocenters. The summed E-state index contributed by atoms with van der Waals surface area (Å²) < 4.78 is 20.3. The van der Waals surface area contributed by atoms with Crippen molar-refractivity contribution in [2.75, 3.05) is 0 Å². The SMILES string of the molecule is CC(C)(C)Oc1cnn(-c2cccc(F)c2)c1. The average molecular weight is 234 g/mol. The van der Waals surface area contributed by atoms with Crippen molar-refractivity contribution in [3.05, 3.63) is 42.5 Å². The van der Waals surface area contributed by atoms with Gasteiger partial charge in [0.1, 0.15) is 11.4 Å². The summed E-state index contributed by atoms with van der Waals surface area (Å²) in [5.41, 5.74) is 0.407. The van der Waals surface area contributed by atoms with Gasteiger partial charge < -0.3 is 4.74 Å². The average Bonchev–Trinajstić information content (AvgIpc) is 2.63. The molecule has 1 aromatic carbocycles. The van der Waals surface area contributed by atoms with Crippen molar-refractivity contribution in [2.24, 2.45) is 0 Å². The second kappa shape index (κ2) is 4.20. The predicted molar refractivity (Wildman–Crippen MR) is 63.9 cm³/mol. The third-order valence-electron chi connectivity index (χ3n) is 2.06. The van der Waals surface area contributed by atoms with Crippen molar-refractivity contribution >= 4 is 0 Å². The fraction of sp³-hybridized carbons (Fsp3) is 0.308. The lowest BCUT2D eigenvalue weighted by Gasteiger charge is -2.19. The summed E-state index contributed by atoms with van der Waals surface area (Å²) in [6.07, 6.45) is 3.36. The zero-order valence-electron chi connectivity index (χ0n) is 10.1. The van der Waals surface area contributed by atoms with Gasteiger partial charge in [0.05, 0.1) is 18.1 Å². The monoisotopic (exact) mass is 234 g/mol. The fourth-order valence-corrected chi connectivity index (χ4v) is 1.47. The van der Waals surface area contributed by atoms with E-state index < -0.39 is 0 Å². The van der Waals surface area contributed by atoms with Gasteiger partial charge in [-0.3, -0.25) is 0 Å². The maximum Gasteiger partial charge on any atom is 0.158 e. The van der Waals surface area contributed by atoms with Gasteiger partial charge in [-0.2, -0.15) is 5.10 Å². The van der Waals surface area contributed by atoms with Gasteiger partial charge in [-0.1, -0.05) is 6.07 Å². The van der Waals surface area contributed by atoms with Crippen molar-refractivity contribution in [3.63, 3.8) is 0 Å². The minimum Gasteiger partial charge on any atom is -0.485 e. The molecule has 4 heteroatoms. The minimum atomic E-state index is -0.281. The van der Waals surface area contributed by atoms with Gasteiger partial charge in [0.15, 0.2) is 5.75 Å². The Balaban J connectivity index is 2.24. The highest BCUT2D eigenvalue weighted by atomic mass is 19.1. The predicted octanol–water partition coefficient (Wildman–Crippen LogP) is 3.19. The molecule has 2 aromatic rings. The first-order chi connectivity index (χ1) is 7.94. The van der Waals surface area contributed by atoms with E-state index in [4.69, 9.17) is 4.74 Å². The summed E-state index contributed by atoms with van der Waals surface area (Å²) in [4.78, 5) is 0. The third kappa shape index (κ3) is 3.06. The van der Waals surface area contributed by atoms with E-state index in [-0.39, 0.29) is 11.4 Å². The molecule has 90 valence electrons. The van der Waals surface area contributed by atoms with Gasteiger partial charge in [-0.05, 0) is 39.0 Å². The molecule has 0 amide bonds. The standard InChI is InChI=1S/C13H15FN2O/c1-13(2,3)17-12-8-15-16(9-12)11-6-4-5-10(14)7-11/h4-9H,1-3H3. The number of hydrogen-bond donors (Lipinski definition) is 0. The Hall–Kier alpha value is -1.84. The number of benzene rings is 1. The molecule has 17 heavy (non-hydrogen) atoms. The Bertz CT molecular complexity index is 514. The van der Waals surface area contributed by atoms with Crippen molar-refractivity contribution in [2.45, 2.75) is 26.4 Å². The molecule has 0 fully saturated rings. The normalized spacial score (nSPS) is 11.5. The van der Waals surface area contributed by atoms with Crippen LogP contribution >= 0.6 is 0 Å². The molecular formula is C13H15FN2O. The maximum absolute atomic E-state index is 13.1. The van der Waals surface area contributed by atoms with E-state index in [2.05, 4.69) is 5.10 Å². The number of ether oxygens (including phenoxy) is 1. The summed E-state index contributed by atoms with van der Waals surface area (Å²) in [6.45, 7) is 5.89. The van der Waals surface area contributed by atoms with Gasteiger partial charge in [-0.25, -0.2) is 9.07 Å². The molecule has 0 atom stereocenters. The zero-order chi connectivity index (χ0) is 12.5. The fourth-order valence-electron chi connectivity index (χ4n) is 1.47. The van der Waals surface area contributed by atoms with Crippen LogP contribution in [0.15, 0.2) is 36.7 Å². The molecule has 3 nitrogen and oxygen atoms in total. The molecule has 0 aliphatic heterocycles. The first-order valence-electron chi connectivity index (χ1n) is 5.44. The van der Waals surface area contributed by atoms with Gasteiger partial charge in [-0.15, -0.1) is 0 Å². The van der Waals surface area contributed by atoms with Gasteiger partial charge in [0, 0.05) is 0 Å². The van der Waals surface area contributed by atoms with Crippen LogP contribution < -0.4 is 4.74 Å².